The number of carbonyl (C=O) groups excluding carboxylic acids is 3. The first-order valence-corrected chi connectivity index (χ1v) is 8.15. The number of benzene rings is 1. The zero-order valence-electron chi connectivity index (χ0n) is 14.0. The topological polar surface area (TPSA) is 69.7 Å². The van der Waals surface area contributed by atoms with Gasteiger partial charge in [0.15, 0.2) is 0 Å². The Morgan fingerprint density at radius 3 is 2.36 bits per heavy atom. The average Bonchev–Trinajstić information content (AvgIpc) is 2.78. The number of rotatable bonds is 2. The molecule has 8 heteroatoms. The van der Waals surface area contributed by atoms with E-state index in [4.69, 9.17) is 0 Å². The first kappa shape index (κ1) is 17.3. The van der Waals surface area contributed by atoms with Crippen molar-refractivity contribution < 1.29 is 23.2 Å². The molecule has 2 fully saturated rings. The van der Waals surface area contributed by atoms with E-state index < -0.39 is 29.1 Å². The van der Waals surface area contributed by atoms with Gasteiger partial charge in [-0.15, -0.1) is 0 Å². The van der Waals surface area contributed by atoms with E-state index in [0.29, 0.717) is 6.07 Å². The van der Waals surface area contributed by atoms with E-state index in [9.17, 15) is 23.2 Å². The molecule has 0 aliphatic carbocycles. The SMILES string of the molecule is CC(C)N1C(=O)NC2(CCN(C(=O)c3ccc(F)cc3F)CC2)C1=O. The second kappa shape index (κ2) is 6.09. The van der Waals surface area contributed by atoms with Crippen molar-refractivity contribution in [3.05, 3.63) is 35.4 Å². The number of urea groups is 1. The molecular weight excluding hydrogens is 332 g/mol. The third kappa shape index (κ3) is 2.85. The van der Waals surface area contributed by atoms with Crippen LogP contribution in [0.1, 0.15) is 37.0 Å². The minimum absolute atomic E-state index is 0.202. The van der Waals surface area contributed by atoms with Gasteiger partial charge in [-0.25, -0.2) is 13.6 Å². The monoisotopic (exact) mass is 351 g/mol. The van der Waals surface area contributed by atoms with E-state index in [1.54, 1.807) is 13.8 Å². The van der Waals surface area contributed by atoms with Crippen molar-refractivity contribution in [2.24, 2.45) is 0 Å². The summed E-state index contributed by atoms with van der Waals surface area (Å²) in [7, 11) is 0. The first-order valence-electron chi connectivity index (χ1n) is 8.15. The maximum absolute atomic E-state index is 13.8. The molecule has 1 spiro atoms. The lowest BCUT2D eigenvalue weighted by molar-refractivity contribution is -0.133. The Balaban J connectivity index is 1.73. The van der Waals surface area contributed by atoms with Gasteiger partial charge in [0, 0.05) is 25.2 Å². The minimum Gasteiger partial charge on any atom is -0.338 e. The molecule has 0 unspecified atom stereocenters. The van der Waals surface area contributed by atoms with Gasteiger partial charge in [0.1, 0.15) is 17.2 Å². The van der Waals surface area contributed by atoms with E-state index in [1.807, 2.05) is 0 Å². The summed E-state index contributed by atoms with van der Waals surface area (Å²) in [6.07, 6.45) is 0.519. The number of nitrogens with one attached hydrogen (secondary N) is 1. The summed E-state index contributed by atoms with van der Waals surface area (Å²) in [6, 6.07) is 2.13. The van der Waals surface area contributed by atoms with E-state index in [0.717, 1.165) is 12.1 Å². The minimum atomic E-state index is -1.00. The molecule has 2 saturated heterocycles. The largest absolute Gasteiger partial charge is 0.338 e. The van der Waals surface area contributed by atoms with Crippen LogP contribution in [0.15, 0.2) is 18.2 Å². The number of imide groups is 1. The van der Waals surface area contributed by atoms with Gasteiger partial charge in [-0.3, -0.25) is 14.5 Å². The van der Waals surface area contributed by atoms with E-state index in [2.05, 4.69) is 5.32 Å². The van der Waals surface area contributed by atoms with Crippen LogP contribution in [-0.2, 0) is 4.79 Å². The smallest absolute Gasteiger partial charge is 0.325 e. The summed E-state index contributed by atoms with van der Waals surface area (Å²) < 4.78 is 26.8. The Morgan fingerprint density at radius 2 is 1.84 bits per heavy atom. The quantitative estimate of drug-likeness (QED) is 0.828. The van der Waals surface area contributed by atoms with Crippen molar-refractivity contribution in [3.63, 3.8) is 0 Å². The van der Waals surface area contributed by atoms with Gasteiger partial charge in [-0.2, -0.15) is 0 Å². The van der Waals surface area contributed by atoms with Crippen molar-refractivity contribution in [1.82, 2.24) is 15.1 Å². The van der Waals surface area contributed by atoms with Crippen LogP contribution in [0.5, 0.6) is 0 Å². The average molecular weight is 351 g/mol. The van der Waals surface area contributed by atoms with Crippen LogP contribution in [0, 0.1) is 11.6 Å². The number of carbonyl (C=O) groups is 3. The number of likely N-dealkylation sites (tertiary alicyclic amines) is 1. The molecule has 2 heterocycles. The summed E-state index contributed by atoms with van der Waals surface area (Å²) in [5, 5.41) is 2.74. The molecule has 0 bridgehead atoms. The normalized spacial score (nSPS) is 19.7. The summed E-state index contributed by atoms with van der Waals surface area (Å²) >= 11 is 0. The fraction of sp³-hybridized carbons (Fsp3) is 0.471. The highest BCUT2D eigenvalue weighted by atomic mass is 19.1. The summed E-state index contributed by atoms with van der Waals surface area (Å²) in [6.45, 7) is 3.92. The molecule has 2 aliphatic rings. The van der Waals surface area contributed by atoms with Crippen molar-refractivity contribution in [3.8, 4) is 0 Å². The standard InChI is InChI=1S/C17H19F2N3O3/c1-10(2)22-15(24)17(20-16(22)25)5-7-21(8-6-17)14(23)12-4-3-11(18)9-13(12)19/h3-4,9-10H,5-8H2,1-2H3,(H,20,25). The van der Waals surface area contributed by atoms with E-state index in [-0.39, 0.29) is 43.4 Å². The fourth-order valence-corrected chi connectivity index (χ4v) is 3.37. The highest BCUT2D eigenvalue weighted by Gasteiger charge is 2.53. The van der Waals surface area contributed by atoms with Crippen molar-refractivity contribution >= 4 is 17.8 Å². The Bertz CT molecular complexity index is 743. The summed E-state index contributed by atoms with van der Waals surface area (Å²) in [5.41, 5.74) is -1.21. The molecule has 0 saturated carbocycles. The molecule has 3 rings (SSSR count). The molecule has 1 aromatic carbocycles. The number of piperidine rings is 1. The van der Waals surface area contributed by atoms with Crippen LogP contribution in [-0.4, -0.2) is 52.3 Å². The van der Waals surface area contributed by atoms with Gasteiger partial charge < -0.3 is 10.2 Å². The van der Waals surface area contributed by atoms with Gasteiger partial charge in [0.2, 0.25) is 0 Å². The zero-order valence-corrected chi connectivity index (χ0v) is 14.0. The molecule has 0 aromatic heterocycles. The molecule has 0 atom stereocenters. The van der Waals surface area contributed by atoms with Gasteiger partial charge in [-0.05, 0) is 38.8 Å². The summed E-state index contributed by atoms with van der Waals surface area (Å²) in [5.74, 6) is -2.50. The maximum atomic E-state index is 13.8. The molecule has 25 heavy (non-hydrogen) atoms. The van der Waals surface area contributed by atoms with Gasteiger partial charge in [0.05, 0.1) is 5.56 Å². The number of hydrogen-bond acceptors (Lipinski definition) is 3. The number of halogens is 2. The van der Waals surface area contributed by atoms with Crippen LogP contribution in [0.4, 0.5) is 13.6 Å². The Kier molecular flexibility index (Phi) is 4.22. The molecule has 1 N–H and O–H groups in total. The van der Waals surface area contributed by atoms with Crippen molar-refractivity contribution in [2.45, 2.75) is 38.3 Å². The number of nitrogens with zero attached hydrogens (tertiary/aromatic N) is 2. The lowest BCUT2D eigenvalue weighted by atomic mass is 9.87. The van der Waals surface area contributed by atoms with Crippen LogP contribution in [0.25, 0.3) is 0 Å². The first-order chi connectivity index (χ1) is 11.7. The molecule has 134 valence electrons. The molecule has 2 aliphatic heterocycles. The van der Waals surface area contributed by atoms with Gasteiger partial charge >= 0.3 is 6.03 Å². The van der Waals surface area contributed by atoms with Crippen molar-refractivity contribution in [2.75, 3.05) is 13.1 Å². The lowest BCUT2D eigenvalue weighted by Gasteiger charge is -2.37. The maximum Gasteiger partial charge on any atom is 0.325 e. The number of hydrogen-bond donors (Lipinski definition) is 1. The third-order valence-corrected chi connectivity index (χ3v) is 4.78. The fourth-order valence-electron chi connectivity index (χ4n) is 3.37. The second-order valence-corrected chi connectivity index (χ2v) is 6.70. The molecule has 0 radical (unpaired) electrons. The van der Waals surface area contributed by atoms with Crippen LogP contribution >= 0.6 is 0 Å². The van der Waals surface area contributed by atoms with Crippen LogP contribution in [0.3, 0.4) is 0 Å². The van der Waals surface area contributed by atoms with Gasteiger partial charge in [0.25, 0.3) is 11.8 Å². The highest BCUT2D eigenvalue weighted by molar-refractivity contribution is 6.07. The Morgan fingerprint density at radius 1 is 1.20 bits per heavy atom. The van der Waals surface area contributed by atoms with Gasteiger partial charge in [-0.1, -0.05) is 0 Å². The van der Waals surface area contributed by atoms with Crippen molar-refractivity contribution in [1.29, 1.82) is 0 Å². The third-order valence-electron chi connectivity index (χ3n) is 4.78. The molecular formula is C17H19F2N3O3. The highest BCUT2D eigenvalue weighted by Crippen LogP contribution is 2.31. The van der Waals surface area contributed by atoms with E-state index in [1.165, 1.54) is 9.80 Å². The summed E-state index contributed by atoms with van der Waals surface area (Å²) in [4.78, 5) is 39.7. The molecule has 4 amide bonds. The predicted molar refractivity (Wildman–Crippen MR) is 84.7 cm³/mol. The van der Waals surface area contributed by atoms with E-state index >= 15 is 0 Å². The molecule has 6 nitrogen and oxygen atoms in total. The molecule has 1 aromatic rings. The lowest BCUT2D eigenvalue weighted by Crippen LogP contribution is -2.56. The Labute approximate surface area is 143 Å². The number of amides is 4. The Hall–Kier alpha value is -2.51. The van der Waals surface area contributed by atoms with Crippen LogP contribution < -0.4 is 5.32 Å². The predicted octanol–water partition coefficient (Wildman–Crippen LogP) is 1.90. The zero-order chi connectivity index (χ0) is 18.4. The second-order valence-electron chi connectivity index (χ2n) is 6.70. The van der Waals surface area contributed by atoms with Crippen LogP contribution in [0.2, 0.25) is 0 Å².